The summed E-state index contributed by atoms with van der Waals surface area (Å²) in [6.45, 7) is 2.34. The summed E-state index contributed by atoms with van der Waals surface area (Å²) >= 11 is 5.53. The Morgan fingerprint density at radius 2 is 2.11 bits per heavy atom. The smallest absolute Gasteiger partial charge is 0.0314 e. The average molecular weight is 330 g/mol. The van der Waals surface area contributed by atoms with Crippen molar-refractivity contribution in [1.82, 2.24) is 5.32 Å². The minimum atomic E-state index is 0.651. The summed E-state index contributed by atoms with van der Waals surface area (Å²) in [7, 11) is 2.12. The maximum absolute atomic E-state index is 3.65. The molecule has 1 aliphatic rings. The van der Waals surface area contributed by atoms with Crippen LogP contribution >= 0.6 is 27.3 Å². The van der Waals surface area contributed by atoms with Crippen LogP contribution < -0.4 is 5.32 Å². The Hall–Kier alpha value is 0.140. The van der Waals surface area contributed by atoms with Gasteiger partial charge >= 0.3 is 0 Å². The zero-order valence-electron chi connectivity index (χ0n) is 11.4. The van der Waals surface area contributed by atoms with Crippen molar-refractivity contribution in [2.75, 3.05) is 7.05 Å². The van der Waals surface area contributed by atoms with Crippen LogP contribution in [0.4, 0.5) is 0 Å². The van der Waals surface area contributed by atoms with Crippen molar-refractivity contribution in [1.29, 1.82) is 0 Å². The summed E-state index contributed by atoms with van der Waals surface area (Å²) in [5.41, 5.74) is 0. The molecule has 0 saturated heterocycles. The van der Waals surface area contributed by atoms with E-state index in [0.717, 1.165) is 11.8 Å². The van der Waals surface area contributed by atoms with Gasteiger partial charge in [0.15, 0.2) is 0 Å². The van der Waals surface area contributed by atoms with Crippen LogP contribution in [0.3, 0.4) is 0 Å². The van der Waals surface area contributed by atoms with Gasteiger partial charge in [0.25, 0.3) is 0 Å². The highest BCUT2D eigenvalue weighted by atomic mass is 79.9. The summed E-state index contributed by atoms with van der Waals surface area (Å²) in [6.07, 6.45) is 8.24. The molecule has 0 bridgehead atoms. The van der Waals surface area contributed by atoms with Gasteiger partial charge in [-0.1, -0.05) is 26.2 Å². The molecule has 3 heteroatoms. The van der Waals surface area contributed by atoms with Gasteiger partial charge in [0.2, 0.25) is 0 Å². The largest absolute Gasteiger partial charge is 0.316 e. The monoisotopic (exact) mass is 329 g/mol. The Kier molecular flexibility index (Phi) is 5.71. The molecule has 0 spiro atoms. The van der Waals surface area contributed by atoms with Crippen LogP contribution in [0.5, 0.6) is 0 Å². The number of hydrogen-bond donors (Lipinski definition) is 1. The Labute approximate surface area is 123 Å². The first kappa shape index (κ1) is 14.5. The summed E-state index contributed by atoms with van der Waals surface area (Å²) < 4.78 is 1.29. The number of halogens is 1. The number of rotatable bonds is 5. The number of hydrogen-bond acceptors (Lipinski definition) is 2. The Morgan fingerprint density at radius 1 is 1.39 bits per heavy atom. The molecule has 1 nitrogen and oxygen atoms in total. The third-order valence-corrected chi connectivity index (χ3v) is 6.45. The van der Waals surface area contributed by atoms with Crippen molar-refractivity contribution >= 4 is 27.3 Å². The van der Waals surface area contributed by atoms with E-state index in [1.807, 2.05) is 11.3 Å². The quantitative estimate of drug-likeness (QED) is 0.813. The van der Waals surface area contributed by atoms with Crippen LogP contribution in [0.1, 0.15) is 43.9 Å². The summed E-state index contributed by atoms with van der Waals surface area (Å²) in [6, 6.07) is 2.82. The molecule has 1 N–H and O–H groups in total. The number of likely N-dealkylation sites (N-methyl/N-ethyl adjacent to an activating group) is 1. The first-order valence-corrected chi connectivity index (χ1v) is 8.81. The fourth-order valence-electron chi connectivity index (χ4n) is 3.17. The predicted molar refractivity (Wildman–Crippen MR) is 84.3 cm³/mol. The molecule has 1 heterocycles. The lowest BCUT2D eigenvalue weighted by molar-refractivity contribution is 0.222. The molecule has 1 fully saturated rings. The van der Waals surface area contributed by atoms with E-state index >= 15 is 0 Å². The molecule has 102 valence electrons. The van der Waals surface area contributed by atoms with E-state index in [9.17, 15) is 0 Å². The molecule has 0 aliphatic heterocycles. The molecule has 1 saturated carbocycles. The van der Waals surface area contributed by atoms with Gasteiger partial charge in [-0.3, -0.25) is 0 Å². The lowest BCUT2D eigenvalue weighted by atomic mass is 9.77. The Bertz CT molecular complexity index is 355. The molecule has 0 radical (unpaired) electrons. The van der Waals surface area contributed by atoms with Crippen molar-refractivity contribution in [3.05, 3.63) is 20.8 Å². The van der Waals surface area contributed by atoms with Crippen molar-refractivity contribution < 1.29 is 0 Å². The molecule has 18 heavy (non-hydrogen) atoms. The van der Waals surface area contributed by atoms with Crippen LogP contribution in [0, 0.1) is 11.8 Å². The molecule has 1 aliphatic carbocycles. The van der Waals surface area contributed by atoms with Crippen LogP contribution in [-0.2, 0) is 6.42 Å². The Balaban J connectivity index is 1.91. The third kappa shape index (κ3) is 3.58. The standard InChI is InChI=1S/C15H24BrNS/c1-3-11-4-6-12(7-5-11)14(17-2)10-15-13(16)8-9-18-15/h8-9,11-12,14,17H,3-7,10H2,1-2H3. The second-order valence-corrected chi connectivity index (χ2v) is 7.34. The molecule has 1 atom stereocenters. The molecule has 2 rings (SSSR count). The molecular formula is C15H24BrNS. The van der Waals surface area contributed by atoms with Gasteiger partial charge in [-0.05, 0) is 65.5 Å². The maximum Gasteiger partial charge on any atom is 0.0314 e. The van der Waals surface area contributed by atoms with E-state index in [2.05, 4.69) is 46.7 Å². The predicted octanol–water partition coefficient (Wildman–Crippen LogP) is 4.86. The van der Waals surface area contributed by atoms with Gasteiger partial charge in [0.05, 0.1) is 0 Å². The second-order valence-electron chi connectivity index (χ2n) is 5.48. The zero-order chi connectivity index (χ0) is 13.0. The van der Waals surface area contributed by atoms with Crippen LogP contribution in [0.15, 0.2) is 15.9 Å². The molecular weight excluding hydrogens is 306 g/mol. The highest BCUT2D eigenvalue weighted by Crippen LogP contribution is 2.34. The van der Waals surface area contributed by atoms with Crippen LogP contribution in [0.2, 0.25) is 0 Å². The molecule has 0 aromatic carbocycles. The van der Waals surface area contributed by atoms with E-state index in [4.69, 9.17) is 0 Å². The summed E-state index contributed by atoms with van der Waals surface area (Å²) in [4.78, 5) is 1.49. The van der Waals surface area contributed by atoms with Crippen LogP contribution in [-0.4, -0.2) is 13.1 Å². The zero-order valence-corrected chi connectivity index (χ0v) is 13.8. The Morgan fingerprint density at radius 3 is 2.61 bits per heavy atom. The van der Waals surface area contributed by atoms with E-state index in [1.165, 1.54) is 47.9 Å². The average Bonchev–Trinajstić information content (AvgIpc) is 2.81. The van der Waals surface area contributed by atoms with Gasteiger partial charge in [-0.2, -0.15) is 0 Å². The van der Waals surface area contributed by atoms with Crippen molar-refractivity contribution in [3.8, 4) is 0 Å². The third-order valence-electron chi connectivity index (χ3n) is 4.50. The highest BCUT2D eigenvalue weighted by molar-refractivity contribution is 9.10. The minimum absolute atomic E-state index is 0.651. The van der Waals surface area contributed by atoms with Crippen molar-refractivity contribution in [2.45, 2.75) is 51.5 Å². The fourth-order valence-corrected chi connectivity index (χ4v) is 4.75. The van der Waals surface area contributed by atoms with Gasteiger partial charge in [-0.15, -0.1) is 11.3 Å². The molecule has 1 unspecified atom stereocenters. The van der Waals surface area contributed by atoms with Gasteiger partial charge in [0.1, 0.15) is 0 Å². The first-order chi connectivity index (χ1) is 8.74. The van der Waals surface area contributed by atoms with Crippen molar-refractivity contribution in [2.24, 2.45) is 11.8 Å². The fraction of sp³-hybridized carbons (Fsp3) is 0.733. The SMILES string of the molecule is CCC1CCC(C(Cc2sccc2Br)NC)CC1. The second kappa shape index (κ2) is 7.06. The normalized spacial score (nSPS) is 26.2. The van der Waals surface area contributed by atoms with Gasteiger partial charge in [0, 0.05) is 15.4 Å². The molecule has 1 aromatic rings. The van der Waals surface area contributed by atoms with E-state index in [-0.39, 0.29) is 0 Å². The molecule has 1 aromatic heterocycles. The number of thiophene rings is 1. The first-order valence-electron chi connectivity index (χ1n) is 7.13. The van der Waals surface area contributed by atoms with Gasteiger partial charge < -0.3 is 5.32 Å². The van der Waals surface area contributed by atoms with E-state index in [1.54, 1.807) is 0 Å². The lowest BCUT2D eigenvalue weighted by Gasteiger charge is -2.33. The lowest BCUT2D eigenvalue weighted by Crippen LogP contribution is -2.37. The summed E-state index contributed by atoms with van der Waals surface area (Å²) in [5, 5.41) is 5.74. The topological polar surface area (TPSA) is 12.0 Å². The van der Waals surface area contributed by atoms with E-state index in [0.29, 0.717) is 6.04 Å². The van der Waals surface area contributed by atoms with E-state index < -0.39 is 0 Å². The van der Waals surface area contributed by atoms with Crippen molar-refractivity contribution in [3.63, 3.8) is 0 Å². The number of nitrogens with one attached hydrogen (secondary N) is 1. The van der Waals surface area contributed by atoms with Crippen LogP contribution in [0.25, 0.3) is 0 Å². The maximum atomic E-state index is 3.65. The molecule has 0 amide bonds. The highest BCUT2D eigenvalue weighted by Gasteiger charge is 2.26. The summed E-state index contributed by atoms with van der Waals surface area (Å²) in [5.74, 6) is 1.86. The minimum Gasteiger partial charge on any atom is -0.316 e. The van der Waals surface area contributed by atoms with Gasteiger partial charge in [-0.25, -0.2) is 0 Å².